The van der Waals surface area contributed by atoms with E-state index in [0.29, 0.717) is 43.7 Å². The van der Waals surface area contributed by atoms with Crippen molar-refractivity contribution >= 4 is 35.1 Å². The molecule has 0 bridgehead atoms. The molecule has 1 aromatic heterocycles. The zero-order chi connectivity index (χ0) is 30.6. The molecule has 0 saturated carbocycles. The molecule has 2 aromatic carbocycles. The highest BCUT2D eigenvalue weighted by atomic mass is 16.5. The molecule has 0 unspecified atom stereocenters. The molecule has 3 aliphatic rings. The van der Waals surface area contributed by atoms with E-state index in [1.54, 1.807) is 23.1 Å². The van der Waals surface area contributed by atoms with Crippen LogP contribution in [-0.2, 0) is 17.9 Å². The van der Waals surface area contributed by atoms with Crippen molar-refractivity contribution in [3.63, 3.8) is 0 Å². The smallest absolute Gasteiger partial charge is 0.326 e. The molecule has 1 atom stereocenters. The first-order valence-corrected chi connectivity index (χ1v) is 15.2. The van der Waals surface area contributed by atoms with E-state index in [1.165, 1.54) is 6.08 Å². The van der Waals surface area contributed by atoms with Gasteiger partial charge in [0.15, 0.2) is 0 Å². The zero-order valence-electron chi connectivity index (χ0n) is 25.5. The molecule has 0 aliphatic carbocycles. The zero-order valence-corrected chi connectivity index (χ0v) is 25.5. The summed E-state index contributed by atoms with van der Waals surface area (Å²) in [6, 6.07) is 15.7. The second-order valence-electron chi connectivity index (χ2n) is 11.6. The average molecular weight is 597 g/mol. The summed E-state index contributed by atoms with van der Waals surface area (Å²) in [4.78, 5) is 46.3. The van der Waals surface area contributed by atoms with Crippen molar-refractivity contribution < 1.29 is 14.3 Å². The first-order chi connectivity index (χ1) is 21.4. The number of aromatic nitrogens is 2. The van der Waals surface area contributed by atoms with Crippen LogP contribution in [0.15, 0.2) is 67.4 Å². The summed E-state index contributed by atoms with van der Waals surface area (Å²) in [6.45, 7) is 9.54. The summed E-state index contributed by atoms with van der Waals surface area (Å²) in [5.41, 5.74) is 3.75. The van der Waals surface area contributed by atoms with Crippen LogP contribution in [0.2, 0.25) is 0 Å². The number of amides is 3. The number of rotatable bonds is 8. The van der Waals surface area contributed by atoms with Crippen LogP contribution in [0.3, 0.4) is 0 Å². The van der Waals surface area contributed by atoms with Gasteiger partial charge in [-0.3, -0.25) is 9.69 Å². The first-order valence-electron chi connectivity index (χ1n) is 15.2. The van der Waals surface area contributed by atoms with E-state index in [4.69, 9.17) is 9.72 Å². The molecule has 0 spiro atoms. The van der Waals surface area contributed by atoms with Gasteiger partial charge in [0, 0.05) is 69.3 Å². The number of piperidine rings is 1. The third-order valence-electron chi connectivity index (χ3n) is 8.67. The highest BCUT2D eigenvalue weighted by Gasteiger charge is 2.39. The molecule has 230 valence electrons. The lowest BCUT2D eigenvalue weighted by molar-refractivity contribution is -0.127. The Morgan fingerprint density at radius 3 is 2.66 bits per heavy atom. The van der Waals surface area contributed by atoms with Crippen LogP contribution in [0.5, 0.6) is 5.75 Å². The number of urea groups is 1. The molecule has 3 amide bonds. The molecular formula is C33H40N8O3. The number of fused-ring (bicyclic) bond motifs is 1. The monoisotopic (exact) mass is 596 g/mol. The number of hydrogen-bond acceptors (Lipinski definition) is 8. The Morgan fingerprint density at radius 1 is 1.11 bits per heavy atom. The van der Waals surface area contributed by atoms with Crippen LogP contribution in [0.4, 0.5) is 27.9 Å². The van der Waals surface area contributed by atoms with Crippen LogP contribution < -0.4 is 19.9 Å². The van der Waals surface area contributed by atoms with E-state index < -0.39 is 0 Å². The second-order valence-corrected chi connectivity index (χ2v) is 11.6. The van der Waals surface area contributed by atoms with Gasteiger partial charge >= 0.3 is 6.03 Å². The molecule has 4 heterocycles. The average Bonchev–Trinajstić information content (AvgIpc) is 3.06. The van der Waals surface area contributed by atoms with Gasteiger partial charge in [-0.1, -0.05) is 36.9 Å². The molecule has 44 heavy (non-hydrogen) atoms. The maximum absolute atomic E-state index is 14.1. The van der Waals surface area contributed by atoms with Crippen LogP contribution in [-0.4, -0.2) is 96.1 Å². The van der Waals surface area contributed by atoms with Crippen molar-refractivity contribution in [1.82, 2.24) is 24.7 Å². The lowest BCUT2D eigenvalue weighted by atomic mass is 10.0. The molecule has 0 radical (unpaired) electrons. The minimum absolute atomic E-state index is 0.127. The van der Waals surface area contributed by atoms with E-state index in [0.717, 1.165) is 61.5 Å². The topological polar surface area (TPSA) is 97.4 Å². The van der Waals surface area contributed by atoms with Gasteiger partial charge in [0.05, 0.1) is 25.4 Å². The molecule has 1 N–H and O–H groups in total. The van der Waals surface area contributed by atoms with E-state index in [1.807, 2.05) is 47.4 Å². The Hall–Kier alpha value is -4.64. The Bertz CT molecular complexity index is 1510. The quantitative estimate of drug-likeness (QED) is 0.389. The maximum atomic E-state index is 14.1. The van der Waals surface area contributed by atoms with Gasteiger partial charge in [0.25, 0.3) is 0 Å². The number of likely N-dealkylation sites (tertiary alicyclic amines) is 1. The van der Waals surface area contributed by atoms with Crippen molar-refractivity contribution in [2.45, 2.75) is 32.0 Å². The molecule has 3 aliphatic heterocycles. The number of hydrogen-bond donors (Lipinski definition) is 1. The highest BCUT2D eigenvalue weighted by molar-refractivity contribution is 5.95. The van der Waals surface area contributed by atoms with Crippen LogP contribution in [0.25, 0.3) is 0 Å². The molecule has 11 heteroatoms. The largest absolute Gasteiger partial charge is 0.494 e. The molecule has 11 nitrogen and oxygen atoms in total. The molecule has 6 rings (SSSR count). The van der Waals surface area contributed by atoms with E-state index in [2.05, 4.69) is 39.8 Å². The van der Waals surface area contributed by atoms with Crippen LogP contribution in [0.1, 0.15) is 24.0 Å². The van der Waals surface area contributed by atoms with Gasteiger partial charge in [-0.25, -0.2) is 9.78 Å². The lowest BCUT2D eigenvalue weighted by Crippen LogP contribution is -2.57. The maximum Gasteiger partial charge on any atom is 0.326 e. The summed E-state index contributed by atoms with van der Waals surface area (Å²) in [5, 5.41) is 3.33. The fourth-order valence-corrected chi connectivity index (χ4v) is 6.21. The van der Waals surface area contributed by atoms with Crippen molar-refractivity contribution in [3.8, 4) is 5.75 Å². The number of ether oxygens (including phenoxy) is 1. The highest BCUT2D eigenvalue weighted by Crippen LogP contribution is 2.35. The summed E-state index contributed by atoms with van der Waals surface area (Å²) in [5.74, 6) is 1.51. The Labute approximate surface area is 258 Å². The second kappa shape index (κ2) is 12.9. The summed E-state index contributed by atoms with van der Waals surface area (Å²) in [6.07, 6.45) is 4.68. The minimum Gasteiger partial charge on any atom is -0.494 e. The lowest BCUT2D eigenvalue weighted by Gasteiger charge is -2.43. The van der Waals surface area contributed by atoms with Crippen LogP contribution >= 0.6 is 0 Å². The number of nitrogens with one attached hydrogen (secondary N) is 1. The van der Waals surface area contributed by atoms with Gasteiger partial charge in [0.2, 0.25) is 11.9 Å². The molecular weight excluding hydrogens is 556 g/mol. The van der Waals surface area contributed by atoms with Gasteiger partial charge in [-0.2, -0.15) is 4.98 Å². The van der Waals surface area contributed by atoms with Gasteiger partial charge in [-0.15, -0.1) is 0 Å². The fourth-order valence-electron chi connectivity index (χ4n) is 6.21. The van der Waals surface area contributed by atoms with E-state index in [9.17, 15) is 9.59 Å². The number of methoxy groups -OCH3 is 1. The molecule has 2 saturated heterocycles. The normalized spacial score (nSPS) is 19.0. The van der Waals surface area contributed by atoms with Gasteiger partial charge in [0.1, 0.15) is 11.6 Å². The number of nitrogens with zero attached hydrogens (tertiary/aromatic N) is 7. The van der Waals surface area contributed by atoms with E-state index >= 15 is 0 Å². The first kappa shape index (κ1) is 29.4. The molecule has 2 fully saturated rings. The minimum atomic E-state index is -0.224. The van der Waals surface area contributed by atoms with Crippen molar-refractivity contribution in [2.24, 2.45) is 0 Å². The van der Waals surface area contributed by atoms with E-state index in [-0.39, 0.29) is 18.0 Å². The third kappa shape index (κ3) is 6.19. The summed E-state index contributed by atoms with van der Waals surface area (Å²) >= 11 is 0. The number of piperazine rings is 1. The number of benzene rings is 2. The van der Waals surface area contributed by atoms with Crippen molar-refractivity contribution in [1.29, 1.82) is 0 Å². The van der Waals surface area contributed by atoms with Gasteiger partial charge in [-0.05, 0) is 43.7 Å². The fraction of sp³-hybridized carbons (Fsp3) is 0.394. The van der Waals surface area contributed by atoms with Crippen molar-refractivity contribution in [3.05, 3.63) is 78.5 Å². The Kier molecular flexibility index (Phi) is 8.65. The Morgan fingerprint density at radius 2 is 1.91 bits per heavy atom. The summed E-state index contributed by atoms with van der Waals surface area (Å²) < 4.78 is 5.76. The predicted octanol–water partition coefficient (Wildman–Crippen LogP) is 4.10. The third-order valence-corrected chi connectivity index (χ3v) is 8.67. The number of likely N-dealkylation sites (N-methyl/N-ethyl adjacent to an activating group) is 1. The summed E-state index contributed by atoms with van der Waals surface area (Å²) in [7, 11) is 3.80. The number of carbonyl (C=O) groups excluding carboxylic acids is 2. The number of carbonyl (C=O) groups is 2. The van der Waals surface area contributed by atoms with Gasteiger partial charge < -0.3 is 29.7 Å². The Balaban J connectivity index is 1.29. The standard InChI is InChI=1S/C33H40N8O3/c1-4-30(42)39-14-8-11-27(23-39)41-31-25(22-40(33(41)43)21-24-9-6-5-7-10-24)20-34-32(36-31)35-28-13-12-26(19-29(28)44-3)38-17-15-37(2)16-18-38/h4-7,9-10,12-13,19-20,27H,1,8,11,14-18,21-23H2,2-3H3,(H,34,35,36)/t27-/m0/s1. The molecule has 3 aromatic rings. The van der Waals surface area contributed by atoms with Crippen molar-refractivity contribution in [2.75, 3.05) is 68.5 Å². The SMILES string of the molecule is C=CC(=O)N1CCC[C@H](N2C(=O)N(Cc3ccccc3)Cc3cnc(Nc4ccc(N5CCN(C)CC5)cc4OC)nc32)C1. The number of anilines is 4. The van der Waals surface area contributed by atoms with Crippen LogP contribution in [0, 0.1) is 0 Å². The predicted molar refractivity (Wildman–Crippen MR) is 171 cm³/mol.